The molecule has 0 aliphatic heterocycles. The van der Waals surface area contributed by atoms with E-state index in [0.29, 0.717) is 0 Å². The minimum atomic E-state index is 0.718. The van der Waals surface area contributed by atoms with Gasteiger partial charge in [-0.05, 0) is 47.0 Å². The molecule has 2 heterocycles. The lowest BCUT2D eigenvalue weighted by Crippen LogP contribution is -1.96. The lowest BCUT2D eigenvalue weighted by molar-refractivity contribution is 1.10. The molecular formula is C26H19N3. The number of nitrogens with zero attached hydrogens (tertiary/aromatic N) is 3. The number of rotatable bonds is 3. The number of pyridine rings is 1. The molecule has 0 aliphatic rings. The summed E-state index contributed by atoms with van der Waals surface area (Å²) in [5, 5.41) is 2.50. The summed E-state index contributed by atoms with van der Waals surface area (Å²) in [6.07, 6.45) is 1.78. The molecule has 0 bridgehead atoms. The first-order valence-electron chi connectivity index (χ1n) is 9.63. The number of fused-ring (bicyclic) bond motifs is 1. The van der Waals surface area contributed by atoms with Crippen molar-refractivity contribution < 1.29 is 0 Å². The van der Waals surface area contributed by atoms with Crippen LogP contribution in [0.2, 0.25) is 0 Å². The van der Waals surface area contributed by atoms with Gasteiger partial charge in [0.2, 0.25) is 0 Å². The Morgan fingerprint density at radius 2 is 1.38 bits per heavy atom. The summed E-state index contributed by atoms with van der Waals surface area (Å²) >= 11 is 0. The highest BCUT2D eigenvalue weighted by Gasteiger charge is 2.09. The van der Waals surface area contributed by atoms with E-state index in [1.165, 1.54) is 21.9 Å². The number of aryl methyl sites for hydroxylation is 1. The van der Waals surface area contributed by atoms with Crippen molar-refractivity contribution in [2.45, 2.75) is 6.92 Å². The zero-order chi connectivity index (χ0) is 19.6. The minimum Gasteiger partial charge on any atom is -0.255 e. The largest absolute Gasteiger partial charge is 0.255 e. The Morgan fingerprint density at radius 1 is 0.621 bits per heavy atom. The van der Waals surface area contributed by atoms with E-state index in [-0.39, 0.29) is 0 Å². The summed E-state index contributed by atoms with van der Waals surface area (Å²) in [5.41, 5.74) is 6.03. The van der Waals surface area contributed by atoms with Crippen LogP contribution in [0.25, 0.3) is 44.7 Å². The predicted octanol–water partition coefficient (Wildman–Crippen LogP) is 6.33. The molecule has 0 fully saturated rings. The Morgan fingerprint density at radius 3 is 2.21 bits per heavy atom. The van der Waals surface area contributed by atoms with Crippen molar-refractivity contribution in [3.8, 4) is 33.9 Å². The van der Waals surface area contributed by atoms with Gasteiger partial charge in [0.1, 0.15) is 0 Å². The Labute approximate surface area is 169 Å². The second kappa shape index (κ2) is 7.28. The summed E-state index contributed by atoms with van der Waals surface area (Å²) in [6.45, 7) is 1.99. The highest BCUT2D eigenvalue weighted by Crippen LogP contribution is 2.30. The van der Waals surface area contributed by atoms with Crippen LogP contribution < -0.4 is 0 Å². The normalized spacial score (nSPS) is 10.9. The number of hydrogen-bond donors (Lipinski definition) is 0. The van der Waals surface area contributed by atoms with Crippen molar-refractivity contribution in [3.63, 3.8) is 0 Å². The summed E-state index contributed by atoms with van der Waals surface area (Å²) in [7, 11) is 0. The average molecular weight is 373 g/mol. The Bertz CT molecular complexity index is 1290. The first-order valence-corrected chi connectivity index (χ1v) is 9.63. The average Bonchev–Trinajstić information content (AvgIpc) is 2.79. The Kier molecular flexibility index (Phi) is 4.34. The number of benzene rings is 3. The molecule has 0 saturated heterocycles. The van der Waals surface area contributed by atoms with Crippen LogP contribution in [0, 0.1) is 6.92 Å². The van der Waals surface area contributed by atoms with Gasteiger partial charge in [0.15, 0.2) is 5.82 Å². The smallest absolute Gasteiger partial charge is 0.160 e. The zero-order valence-corrected chi connectivity index (χ0v) is 16.1. The summed E-state index contributed by atoms with van der Waals surface area (Å²) in [4.78, 5) is 13.8. The Hall–Kier alpha value is -3.85. The fourth-order valence-corrected chi connectivity index (χ4v) is 3.62. The second-order valence-corrected chi connectivity index (χ2v) is 7.04. The van der Waals surface area contributed by atoms with E-state index in [1.54, 1.807) is 6.20 Å². The first-order chi connectivity index (χ1) is 14.3. The lowest BCUT2D eigenvalue weighted by atomic mass is 9.97. The van der Waals surface area contributed by atoms with Crippen molar-refractivity contribution >= 4 is 10.8 Å². The molecule has 0 aliphatic carbocycles. The van der Waals surface area contributed by atoms with Gasteiger partial charge in [-0.25, -0.2) is 9.97 Å². The van der Waals surface area contributed by atoms with E-state index < -0.39 is 0 Å². The van der Waals surface area contributed by atoms with Crippen LogP contribution in [0.1, 0.15) is 5.69 Å². The quantitative estimate of drug-likeness (QED) is 0.371. The van der Waals surface area contributed by atoms with E-state index in [1.807, 2.05) is 31.2 Å². The van der Waals surface area contributed by atoms with Crippen LogP contribution in [0.15, 0.2) is 97.2 Å². The van der Waals surface area contributed by atoms with Gasteiger partial charge >= 0.3 is 0 Å². The first kappa shape index (κ1) is 17.3. The third-order valence-corrected chi connectivity index (χ3v) is 5.03. The van der Waals surface area contributed by atoms with E-state index in [4.69, 9.17) is 4.98 Å². The summed E-state index contributed by atoms with van der Waals surface area (Å²) in [5.74, 6) is 0.718. The van der Waals surface area contributed by atoms with Crippen LogP contribution in [-0.2, 0) is 0 Å². The molecule has 5 aromatic rings. The van der Waals surface area contributed by atoms with Crippen LogP contribution in [-0.4, -0.2) is 15.0 Å². The van der Waals surface area contributed by atoms with Gasteiger partial charge in [-0.3, -0.25) is 4.98 Å². The molecule has 29 heavy (non-hydrogen) atoms. The molecule has 0 atom stereocenters. The van der Waals surface area contributed by atoms with Crippen molar-refractivity contribution in [2.24, 2.45) is 0 Å². The van der Waals surface area contributed by atoms with E-state index in [2.05, 4.69) is 76.7 Å². The van der Waals surface area contributed by atoms with E-state index in [9.17, 15) is 0 Å². The third kappa shape index (κ3) is 3.39. The van der Waals surface area contributed by atoms with E-state index >= 15 is 0 Å². The van der Waals surface area contributed by atoms with Gasteiger partial charge in [0.05, 0.1) is 11.4 Å². The molecule has 3 aromatic carbocycles. The Balaban J connectivity index is 1.55. The van der Waals surface area contributed by atoms with Crippen molar-refractivity contribution in [1.29, 1.82) is 0 Å². The van der Waals surface area contributed by atoms with Gasteiger partial charge < -0.3 is 0 Å². The molecule has 0 unspecified atom stereocenters. The van der Waals surface area contributed by atoms with Gasteiger partial charge in [-0.2, -0.15) is 0 Å². The molecule has 0 spiro atoms. The molecular weight excluding hydrogens is 354 g/mol. The fraction of sp³-hybridized carbons (Fsp3) is 0.0385. The standard InChI is InChI=1S/C26H19N3/c1-18-17-25(24-11-4-5-16-27-24)29-26(28-18)21-14-12-20(13-15-21)23-10-6-8-19-7-2-3-9-22(19)23/h2-17H,1H3. The molecule has 3 heteroatoms. The second-order valence-electron chi connectivity index (χ2n) is 7.04. The van der Waals surface area contributed by atoms with Crippen LogP contribution >= 0.6 is 0 Å². The molecule has 3 nitrogen and oxygen atoms in total. The summed E-state index contributed by atoms with van der Waals surface area (Å²) in [6, 6.07) is 31.2. The third-order valence-electron chi connectivity index (χ3n) is 5.03. The molecule has 0 amide bonds. The SMILES string of the molecule is Cc1cc(-c2ccccn2)nc(-c2ccc(-c3cccc4ccccc34)cc2)n1. The zero-order valence-electron chi connectivity index (χ0n) is 16.1. The van der Waals surface area contributed by atoms with Gasteiger partial charge in [0.25, 0.3) is 0 Å². The minimum absolute atomic E-state index is 0.718. The van der Waals surface area contributed by atoms with Gasteiger partial charge in [-0.1, -0.05) is 72.8 Å². The monoisotopic (exact) mass is 373 g/mol. The maximum absolute atomic E-state index is 4.75. The highest BCUT2D eigenvalue weighted by atomic mass is 14.9. The van der Waals surface area contributed by atoms with Crippen molar-refractivity contribution in [2.75, 3.05) is 0 Å². The van der Waals surface area contributed by atoms with Gasteiger partial charge in [0, 0.05) is 17.5 Å². The van der Waals surface area contributed by atoms with E-state index in [0.717, 1.165) is 28.5 Å². The maximum atomic E-state index is 4.75. The molecule has 5 rings (SSSR count). The predicted molar refractivity (Wildman–Crippen MR) is 118 cm³/mol. The highest BCUT2D eigenvalue weighted by molar-refractivity contribution is 5.96. The molecule has 138 valence electrons. The molecule has 0 saturated carbocycles. The van der Waals surface area contributed by atoms with Gasteiger partial charge in [-0.15, -0.1) is 0 Å². The van der Waals surface area contributed by atoms with Crippen LogP contribution in [0.5, 0.6) is 0 Å². The van der Waals surface area contributed by atoms with Crippen molar-refractivity contribution in [1.82, 2.24) is 15.0 Å². The van der Waals surface area contributed by atoms with Crippen LogP contribution in [0.3, 0.4) is 0 Å². The number of aromatic nitrogens is 3. The lowest BCUT2D eigenvalue weighted by Gasteiger charge is -2.09. The fourth-order valence-electron chi connectivity index (χ4n) is 3.62. The van der Waals surface area contributed by atoms with Crippen LogP contribution in [0.4, 0.5) is 0 Å². The molecule has 2 aromatic heterocycles. The summed E-state index contributed by atoms with van der Waals surface area (Å²) < 4.78 is 0. The number of hydrogen-bond acceptors (Lipinski definition) is 3. The maximum Gasteiger partial charge on any atom is 0.160 e. The van der Waals surface area contributed by atoms with Crippen molar-refractivity contribution in [3.05, 3.63) is 103 Å². The molecule has 0 N–H and O–H groups in total. The topological polar surface area (TPSA) is 38.7 Å². The molecule has 0 radical (unpaired) electrons.